The SMILES string of the molecule is COc1ccc(Cn2cc([N+](=O)[O-])c(C(F)(F)F)n2)cc1. The summed E-state index contributed by atoms with van der Waals surface area (Å²) in [6.07, 6.45) is -4.10. The van der Waals surface area contributed by atoms with E-state index in [2.05, 4.69) is 5.10 Å². The van der Waals surface area contributed by atoms with Gasteiger partial charge in [-0.3, -0.25) is 14.8 Å². The van der Waals surface area contributed by atoms with Crippen molar-refractivity contribution in [1.29, 1.82) is 0 Å². The molecular formula is C12H10F3N3O3. The van der Waals surface area contributed by atoms with Crippen molar-refractivity contribution in [2.75, 3.05) is 7.11 Å². The lowest BCUT2D eigenvalue weighted by atomic mass is 10.2. The summed E-state index contributed by atoms with van der Waals surface area (Å²) in [5.74, 6) is 0.598. The Morgan fingerprint density at radius 1 is 1.33 bits per heavy atom. The number of methoxy groups -OCH3 is 1. The van der Waals surface area contributed by atoms with Crippen molar-refractivity contribution in [2.45, 2.75) is 12.7 Å². The number of nitrogens with zero attached hydrogens (tertiary/aromatic N) is 3. The molecule has 0 radical (unpaired) electrons. The van der Waals surface area contributed by atoms with E-state index in [0.29, 0.717) is 11.3 Å². The Labute approximate surface area is 116 Å². The fourth-order valence-electron chi connectivity index (χ4n) is 1.75. The molecule has 0 saturated carbocycles. The molecule has 0 amide bonds. The van der Waals surface area contributed by atoms with Crippen LogP contribution >= 0.6 is 0 Å². The highest BCUT2D eigenvalue weighted by atomic mass is 19.4. The van der Waals surface area contributed by atoms with Crippen molar-refractivity contribution in [3.63, 3.8) is 0 Å². The number of nitro groups is 1. The molecule has 1 aromatic carbocycles. The minimum Gasteiger partial charge on any atom is -0.497 e. The largest absolute Gasteiger partial charge is 0.497 e. The molecule has 6 nitrogen and oxygen atoms in total. The topological polar surface area (TPSA) is 70.2 Å². The summed E-state index contributed by atoms with van der Waals surface area (Å²) in [7, 11) is 1.49. The van der Waals surface area contributed by atoms with Gasteiger partial charge in [0, 0.05) is 0 Å². The lowest BCUT2D eigenvalue weighted by Gasteiger charge is -2.04. The first kappa shape index (κ1) is 14.8. The van der Waals surface area contributed by atoms with Crippen molar-refractivity contribution in [3.05, 3.63) is 51.8 Å². The number of hydrogen-bond donors (Lipinski definition) is 0. The zero-order valence-corrected chi connectivity index (χ0v) is 10.8. The quantitative estimate of drug-likeness (QED) is 0.643. The number of rotatable bonds is 4. The van der Waals surface area contributed by atoms with Gasteiger partial charge in [-0.05, 0) is 17.7 Å². The molecule has 0 saturated heterocycles. The molecular weight excluding hydrogens is 291 g/mol. The van der Waals surface area contributed by atoms with E-state index >= 15 is 0 Å². The van der Waals surface area contributed by atoms with E-state index in [1.54, 1.807) is 24.3 Å². The predicted molar refractivity (Wildman–Crippen MR) is 66.0 cm³/mol. The standard InChI is InChI=1S/C12H10F3N3O3/c1-21-9-4-2-8(3-5-9)6-17-7-10(18(19)20)11(16-17)12(13,14)15/h2-5,7H,6H2,1H3. The Morgan fingerprint density at radius 3 is 2.38 bits per heavy atom. The van der Waals surface area contributed by atoms with E-state index in [1.165, 1.54) is 7.11 Å². The molecule has 0 spiro atoms. The van der Waals surface area contributed by atoms with Crippen LogP contribution < -0.4 is 4.74 Å². The van der Waals surface area contributed by atoms with Gasteiger partial charge in [0.25, 0.3) is 0 Å². The minimum atomic E-state index is -4.87. The molecule has 2 rings (SSSR count). The van der Waals surface area contributed by atoms with E-state index in [0.717, 1.165) is 10.9 Å². The molecule has 0 bridgehead atoms. The highest BCUT2D eigenvalue weighted by molar-refractivity contribution is 5.35. The first-order chi connectivity index (χ1) is 9.81. The van der Waals surface area contributed by atoms with Crippen LogP contribution in [0.4, 0.5) is 18.9 Å². The van der Waals surface area contributed by atoms with Crippen molar-refractivity contribution in [1.82, 2.24) is 9.78 Å². The number of ether oxygens (including phenoxy) is 1. The Morgan fingerprint density at radius 2 is 1.95 bits per heavy atom. The molecule has 2 aromatic rings. The van der Waals surface area contributed by atoms with Crippen molar-refractivity contribution >= 4 is 5.69 Å². The van der Waals surface area contributed by atoms with Crippen LogP contribution in [-0.4, -0.2) is 21.8 Å². The van der Waals surface area contributed by atoms with Crippen molar-refractivity contribution in [3.8, 4) is 5.75 Å². The molecule has 0 aliphatic carbocycles. The van der Waals surface area contributed by atoms with Crippen LogP contribution in [-0.2, 0) is 12.7 Å². The number of halogens is 3. The average molecular weight is 301 g/mol. The molecule has 0 atom stereocenters. The zero-order valence-electron chi connectivity index (χ0n) is 10.8. The van der Waals surface area contributed by atoms with Crippen molar-refractivity contribution in [2.24, 2.45) is 0 Å². The van der Waals surface area contributed by atoms with Crippen LogP contribution in [0.25, 0.3) is 0 Å². The summed E-state index contributed by atoms with van der Waals surface area (Å²) in [6, 6.07) is 6.55. The van der Waals surface area contributed by atoms with E-state index in [9.17, 15) is 23.3 Å². The van der Waals surface area contributed by atoms with Gasteiger partial charge in [-0.1, -0.05) is 12.1 Å². The van der Waals surface area contributed by atoms with Crippen LogP contribution in [0.5, 0.6) is 5.75 Å². The second kappa shape index (κ2) is 5.43. The predicted octanol–water partition coefficient (Wildman–Crippen LogP) is 2.87. The smallest absolute Gasteiger partial charge is 0.442 e. The molecule has 112 valence electrons. The fourth-order valence-corrected chi connectivity index (χ4v) is 1.75. The van der Waals surface area contributed by atoms with Gasteiger partial charge in [0.2, 0.25) is 5.69 Å². The van der Waals surface area contributed by atoms with E-state index in [4.69, 9.17) is 4.74 Å². The van der Waals surface area contributed by atoms with E-state index in [-0.39, 0.29) is 6.54 Å². The second-order valence-corrected chi connectivity index (χ2v) is 4.16. The first-order valence-corrected chi connectivity index (χ1v) is 5.73. The summed E-state index contributed by atoms with van der Waals surface area (Å²) in [5.41, 5.74) is -1.92. The van der Waals surface area contributed by atoms with E-state index < -0.39 is 22.5 Å². The van der Waals surface area contributed by atoms with Crippen LogP contribution in [0, 0.1) is 10.1 Å². The third-order valence-corrected chi connectivity index (χ3v) is 2.71. The molecule has 1 heterocycles. The molecule has 0 N–H and O–H groups in total. The van der Waals surface area contributed by atoms with Gasteiger partial charge in [0.15, 0.2) is 0 Å². The van der Waals surface area contributed by atoms with Crippen molar-refractivity contribution < 1.29 is 22.8 Å². The Kier molecular flexibility index (Phi) is 3.83. The van der Waals surface area contributed by atoms with Gasteiger partial charge < -0.3 is 4.74 Å². The third-order valence-electron chi connectivity index (χ3n) is 2.71. The lowest BCUT2D eigenvalue weighted by molar-refractivity contribution is -0.388. The van der Waals surface area contributed by atoms with Crippen LogP contribution in [0.3, 0.4) is 0 Å². The maximum Gasteiger partial charge on any atom is 0.442 e. The number of hydrogen-bond acceptors (Lipinski definition) is 4. The Bertz CT molecular complexity index is 650. The Hall–Kier alpha value is -2.58. The van der Waals surface area contributed by atoms with Gasteiger partial charge in [-0.2, -0.15) is 18.3 Å². The van der Waals surface area contributed by atoms with Gasteiger partial charge in [-0.25, -0.2) is 0 Å². The summed E-state index contributed by atoms with van der Waals surface area (Å²) in [6.45, 7) is -0.0130. The monoisotopic (exact) mass is 301 g/mol. The normalized spacial score (nSPS) is 11.4. The fraction of sp³-hybridized carbons (Fsp3) is 0.250. The first-order valence-electron chi connectivity index (χ1n) is 5.73. The molecule has 1 aromatic heterocycles. The highest BCUT2D eigenvalue weighted by Gasteiger charge is 2.42. The Balaban J connectivity index is 2.30. The van der Waals surface area contributed by atoms with E-state index in [1.807, 2.05) is 0 Å². The summed E-state index contributed by atoms with van der Waals surface area (Å²) < 4.78 is 43.8. The summed E-state index contributed by atoms with van der Waals surface area (Å²) in [5, 5.41) is 13.9. The summed E-state index contributed by atoms with van der Waals surface area (Å²) in [4.78, 5) is 9.56. The van der Waals surface area contributed by atoms with Gasteiger partial charge in [-0.15, -0.1) is 0 Å². The number of aromatic nitrogens is 2. The summed E-state index contributed by atoms with van der Waals surface area (Å²) >= 11 is 0. The molecule has 21 heavy (non-hydrogen) atoms. The highest BCUT2D eigenvalue weighted by Crippen LogP contribution is 2.34. The lowest BCUT2D eigenvalue weighted by Crippen LogP contribution is -2.10. The second-order valence-electron chi connectivity index (χ2n) is 4.16. The van der Waals surface area contributed by atoms with Crippen LogP contribution in [0.2, 0.25) is 0 Å². The number of benzene rings is 1. The van der Waals surface area contributed by atoms with Crippen LogP contribution in [0.1, 0.15) is 11.3 Å². The zero-order chi connectivity index (χ0) is 15.6. The van der Waals surface area contributed by atoms with Gasteiger partial charge in [0.1, 0.15) is 11.9 Å². The maximum atomic E-state index is 12.7. The number of alkyl halides is 3. The van der Waals surface area contributed by atoms with Gasteiger partial charge in [0.05, 0.1) is 18.6 Å². The van der Waals surface area contributed by atoms with Crippen LogP contribution in [0.15, 0.2) is 30.5 Å². The molecule has 0 aliphatic rings. The molecule has 0 fully saturated rings. The maximum absolute atomic E-state index is 12.7. The molecule has 9 heteroatoms. The molecule has 0 aliphatic heterocycles. The average Bonchev–Trinajstić information content (AvgIpc) is 2.84. The van der Waals surface area contributed by atoms with Gasteiger partial charge >= 0.3 is 11.9 Å². The minimum absolute atomic E-state index is 0.0130. The molecule has 0 unspecified atom stereocenters. The third kappa shape index (κ3) is 3.30.